The van der Waals surface area contributed by atoms with Crippen LogP contribution in [0.25, 0.3) is 27.1 Å². The summed E-state index contributed by atoms with van der Waals surface area (Å²) in [5, 5.41) is 4.75. The molecule has 1 aromatic heterocycles. The zero-order chi connectivity index (χ0) is 34.3. The van der Waals surface area contributed by atoms with Crippen LogP contribution in [0.3, 0.4) is 0 Å². The van der Waals surface area contributed by atoms with Gasteiger partial charge in [0.15, 0.2) is 6.54 Å². The number of aryl methyl sites for hydroxylation is 4. The quantitative estimate of drug-likeness (QED) is 0.122. The van der Waals surface area contributed by atoms with Crippen LogP contribution < -0.4 is 9.47 Å². The predicted octanol–water partition coefficient (Wildman–Crippen LogP) is 10.1. The van der Waals surface area contributed by atoms with E-state index < -0.39 is 10.1 Å². The fraction of sp³-hybridized carbons (Fsp3) is 0.293. The lowest BCUT2D eigenvalue weighted by Gasteiger charge is -2.31. The Kier molecular flexibility index (Phi) is 9.35. The molecule has 1 N–H and O–H groups in total. The Labute approximate surface area is 298 Å². The molecule has 0 saturated carbocycles. The third kappa shape index (κ3) is 7.43. The zero-order valence-electron chi connectivity index (χ0n) is 28.6. The summed E-state index contributed by atoms with van der Waals surface area (Å²) in [7, 11) is -4.04. The number of rotatable bonds is 9. The van der Waals surface area contributed by atoms with Gasteiger partial charge in [0.1, 0.15) is 4.70 Å². The van der Waals surface area contributed by atoms with Crippen molar-refractivity contribution in [2.45, 2.75) is 64.8 Å². The minimum Gasteiger partial charge on any atom is -0.335 e. The summed E-state index contributed by atoms with van der Waals surface area (Å²) < 4.78 is 36.5. The summed E-state index contributed by atoms with van der Waals surface area (Å²) in [5.41, 5.74) is 9.09. The highest BCUT2D eigenvalue weighted by molar-refractivity contribution is 8.04. The third-order valence-electron chi connectivity index (χ3n) is 9.64. The lowest BCUT2D eigenvalue weighted by molar-refractivity contribution is -0.668. The molecule has 5 nitrogen and oxygen atoms in total. The number of anilines is 1. The summed E-state index contributed by atoms with van der Waals surface area (Å²) in [4.78, 5) is 3.43. The van der Waals surface area contributed by atoms with Gasteiger partial charge in [-0.25, -0.2) is 0 Å². The van der Waals surface area contributed by atoms with Gasteiger partial charge >= 0.3 is 0 Å². The van der Waals surface area contributed by atoms with E-state index in [2.05, 4.69) is 134 Å². The monoisotopic (exact) mass is 707 g/mol. The average Bonchev–Trinajstić information content (AvgIpc) is 3.58. The Balaban J connectivity index is 1.28. The molecule has 1 aliphatic carbocycles. The van der Waals surface area contributed by atoms with Crippen LogP contribution in [0.5, 0.6) is 0 Å². The molecule has 2 heterocycles. The van der Waals surface area contributed by atoms with Gasteiger partial charge in [-0.2, -0.15) is 13.0 Å². The number of nitrogens with zero attached hydrogens (tertiary/aromatic N) is 2. The molecule has 0 spiro atoms. The van der Waals surface area contributed by atoms with Crippen molar-refractivity contribution in [2.24, 2.45) is 5.41 Å². The van der Waals surface area contributed by atoms with Crippen LogP contribution >= 0.6 is 23.1 Å². The third-order valence-corrected chi connectivity index (χ3v) is 12.7. The van der Waals surface area contributed by atoms with E-state index in [-0.39, 0.29) is 11.2 Å². The lowest BCUT2D eigenvalue weighted by atomic mass is 9.75. The standard InChI is InChI=1S/C41H42N2O3S3/c1-28-15-18-36-39(29(28)2)43(21-19-30-11-6-5-7-12-30)38(47-36)25-32-23-31(26-41(3,4)27-32)24-37-42(20-10-22-49(44,45)46)35-17-16-33-13-8-9-14-34(33)40(35)48-37/h5-9,11-18,23-25H,10,19-22,26-27H2,1-4H3/p+1. The maximum atomic E-state index is 11.6. The van der Waals surface area contributed by atoms with Gasteiger partial charge < -0.3 is 4.90 Å². The summed E-state index contributed by atoms with van der Waals surface area (Å²) >= 11 is 3.63. The first kappa shape index (κ1) is 33.8. The van der Waals surface area contributed by atoms with Crippen molar-refractivity contribution in [2.75, 3.05) is 17.2 Å². The number of aromatic nitrogens is 1. The van der Waals surface area contributed by atoms with Crippen LogP contribution in [0.15, 0.2) is 112 Å². The molecule has 5 aromatic rings. The van der Waals surface area contributed by atoms with Gasteiger partial charge in [0.2, 0.25) is 5.52 Å². The van der Waals surface area contributed by atoms with Crippen LogP contribution in [0.1, 0.15) is 54.8 Å². The molecule has 4 aromatic carbocycles. The molecule has 0 unspecified atom stereocenters. The molecule has 252 valence electrons. The SMILES string of the molecule is Cc1ccc2sc(/C=C3C=C(/C=C4\Sc5c(ccc6ccccc56)N4CCCS(=O)(=O)O)CC(C)(C)C/3)[n+](CCc3ccccc3)c2c1C. The molecule has 0 saturated heterocycles. The maximum absolute atomic E-state index is 11.6. The van der Waals surface area contributed by atoms with Gasteiger partial charge in [-0.3, -0.25) is 4.55 Å². The number of benzene rings is 4. The van der Waals surface area contributed by atoms with Crippen LogP contribution in [-0.2, 0) is 23.1 Å². The van der Waals surface area contributed by atoms with Crippen molar-refractivity contribution in [3.05, 3.63) is 129 Å². The molecule has 2 aliphatic rings. The molecule has 0 atom stereocenters. The van der Waals surface area contributed by atoms with Crippen molar-refractivity contribution in [3.8, 4) is 0 Å². The molecule has 1 aliphatic heterocycles. The van der Waals surface area contributed by atoms with E-state index in [0.717, 1.165) is 36.5 Å². The summed E-state index contributed by atoms with van der Waals surface area (Å²) in [6, 6.07) is 28.0. The summed E-state index contributed by atoms with van der Waals surface area (Å²) in [6.07, 6.45) is 10.3. The van der Waals surface area contributed by atoms with Crippen LogP contribution in [0.4, 0.5) is 5.69 Å². The average molecular weight is 708 g/mol. The topological polar surface area (TPSA) is 61.5 Å². The van der Waals surface area contributed by atoms with E-state index in [0.29, 0.717) is 13.0 Å². The maximum Gasteiger partial charge on any atom is 0.264 e. The minimum absolute atomic E-state index is 0.0731. The number of allylic oxidation sites excluding steroid dienone is 4. The molecule has 7 rings (SSSR count). The number of thioether (sulfide) groups is 1. The Bertz CT molecular complexity index is 2260. The van der Waals surface area contributed by atoms with Crippen molar-refractivity contribution < 1.29 is 17.5 Å². The number of hydrogen-bond acceptors (Lipinski definition) is 5. The number of hydrogen-bond donors (Lipinski definition) is 1. The van der Waals surface area contributed by atoms with E-state index in [4.69, 9.17) is 0 Å². The molecule has 49 heavy (non-hydrogen) atoms. The highest BCUT2D eigenvalue weighted by Crippen LogP contribution is 2.51. The van der Waals surface area contributed by atoms with E-state index in [9.17, 15) is 13.0 Å². The van der Waals surface area contributed by atoms with Crippen molar-refractivity contribution in [3.63, 3.8) is 0 Å². The van der Waals surface area contributed by atoms with Crippen LogP contribution in [0, 0.1) is 19.3 Å². The van der Waals surface area contributed by atoms with E-state index in [1.165, 1.54) is 58.7 Å². The minimum atomic E-state index is -4.04. The van der Waals surface area contributed by atoms with E-state index in [1.807, 2.05) is 11.3 Å². The molecule has 0 fully saturated rings. The molecular weight excluding hydrogens is 665 g/mol. The van der Waals surface area contributed by atoms with Gasteiger partial charge in [-0.05, 0) is 89.8 Å². The van der Waals surface area contributed by atoms with Crippen molar-refractivity contribution in [1.29, 1.82) is 0 Å². The van der Waals surface area contributed by atoms with Crippen LogP contribution in [0.2, 0.25) is 0 Å². The fourth-order valence-corrected chi connectivity index (χ4v) is 10.3. The first-order valence-corrected chi connectivity index (χ1v) is 20.2. The fourth-order valence-electron chi connectivity index (χ4n) is 7.27. The molecule has 0 bridgehead atoms. The molecule has 8 heteroatoms. The van der Waals surface area contributed by atoms with Gasteiger partial charge in [0, 0.05) is 29.5 Å². The van der Waals surface area contributed by atoms with Crippen LogP contribution in [-0.4, -0.2) is 25.3 Å². The number of thiazole rings is 1. The van der Waals surface area contributed by atoms with E-state index in [1.54, 1.807) is 11.8 Å². The van der Waals surface area contributed by atoms with Crippen molar-refractivity contribution >= 4 is 66.0 Å². The van der Waals surface area contributed by atoms with Crippen molar-refractivity contribution in [1.82, 2.24) is 0 Å². The molecular formula is C41H43N2O3S3+. The Morgan fingerprint density at radius 2 is 1.71 bits per heavy atom. The summed E-state index contributed by atoms with van der Waals surface area (Å²) in [5.74, 6) is -0.259. The lowest BCUT2D eigenvalue weighted by Crippen LogP contribution is -2.37. The predicted molar refractivity (Wildman–Crippen MR) is 207 cm³/mol. The highest BCUT2D eigenvalue weighted by Gasteiger charge is 2.31. The zero-order valence-corrected chi connectivity index (χ0v) is 31.0. The molecule has 0 radical (unpaired) electrons. The second-order valence-electron chi connectivity index (χ2n) is 14.1. The second-order valence-corrected chi connectivity index (χ2v) is 17.8. The van der Waals surface area contributed by atoms with Gasteiger partial charge in [0.05, 0.1) is 16.5 Å². The first-order chi connectivity index (χ1) is 23.4. The number of fused-ring (bicyclic) bond motifs is 4. The van der Waals surface area contributed by atoms with E-state index >= 15 is 0 Å². The largest absolute Gasteiger partial charge is 0.335 e. The Morgan fingerprint density at radius 1 is 0.939 bits per heavy atom. The van der Waals surface area contributed by atoms with Gasteiger partial charge in [0.25, 0.3) is 15.1 Å². The smallest absolute Gasteiger partial charge is 0.264 e. The normalized spacial score (nSPS) is 17.7. The molecule has 0 amide bonds. The summed E-state index contributed by atoms with van der Waals surface area (Å²) in [6.45, 7) is 10.6. The van der Waals surface area contributed by atoms with Gasteiger partial charge in [-0.15, -0.1) is 0 Å². The highest BCUT2D eigenvalue weighted by atomic mass is 32.2. The Morgan fingerprint density at radius 3 is 2.51 bits per heavy atom. The Hall–Kier alpha value is -3.69. The van der Waals surface area contributed by atoms with Gasteiger partial charge in [-0.1, -0.05) is 110 Å². The second kappa shape index (κ2) is 13.6. The first-order valence-electron chi connectivity index (χ1n) is 17.0.